The standard InChI is InChI=1S/C20H19ClN4O2/c1-3-27-18-10-5-4-9-16(18)24-19(26)17-11-13(2)22-20(25-17)23-15-8-6-7-14(21)12-15/h4-12H,3H2,1-2H3,(H,24,26)(H,22,23,25). The molecule has 1 heterocycles. The maximum absolute atomic E-state index is 12.7. The van der Waals surface area contributed by atoms with E-state index in [1.807, 2.05) is 31.2 Å². The lowest BCUT2D eigenvalue weighted by molar-refractivity contribution is 0.102. The van der Waals surface area contributed by atoms with Gasteiger partial charge < -0.3 is 15.4 Å². The van der Waals surface area contributed by atoms with Crippen LogP contribution in [0, 0.1) is 6.92 Å². The van der Waals surface area contributed by atoms with E-state index in [0.29, 0.717) is 34.7 Å². The number of nitrogens with one attached hydrogen (secondary N) is 2. The van der Waals surface area contributed by atoms with Crippen LogP contribution in [0.2, 0.25) is 5.02 Å². The topological polar surface area (TPSA) is 76.1 Å². The number of carbonyl (C=O) groups is 1. The van der Waals surface area contributed by atoms with E-state index >= 15 is 0 Å². The summed E-state index contributed by atoms with van der Waals surface area (Å²) in [5.74, 6) is 0.582. The molecule has 3 aromatic rings. The summed E-state index contributed by atoms with van der Waals surface area (Å²) in [4.78, 5) is 21.3. The number of hydrogen-bond acceptors (Lipinski definition) is 5. The first-order valence-electron chi connectivity index (χ1n) is 8.46. The van der Waals surface area contributed by atoms with E-state index in [2.05, 4.69) is 20.6 Å². The Morgan fingerprint density at radius 1 is 1.11 bits per heavy atom. The van der Waals surface area contributed by atoms with Crippen LogP contribution in [0.5, 0.6) is 5.75 Å². The fraction of sp³-hybridized carbons (Fsp3) is 0.150. The van der Waals surface area contributed by atoms with Gasteiger partial charge in [-0.1, -0.05) is 29.8 Å². The van der Waals surface area contributed by atoms with Crippen LogP contribution >= 0.6 is 11.6 Å². The van der Waals surface area contributed by atoms with Crippen molar-refractivity contribution in [3.8, 4) is 5.75 Å². The average molecular weight is 383 g/mol. The van der Waals surface area contributed by atoms with Crippen LogP contribution < -0.4 is 15.4 Å². The lowest BCUT2D eigenvalue weighted by Crippen LogP contribution is -2.16. The first-order valence-corrected chi connectivity index (χ1v) is 8.84. The number of anilines is 3. The zero-order valence-electron chi connectivity index (χ0n) is 15.0. The van der Waals surface area contributed by atoms with Gasteiger partial charge in [0, 0.05) is 16.4 Å². The normalized spacial score (nSPS) is 10.3. The van der Waals surface area contributed by atoms with Crippen molar-refractivity contribution < 1.29 is 9.53 Å². The molecule has 0 atom stereocenters. The monoisotopic (exact) mass is 382 g/mol. The van der Waals surface area contributed by atoms with Crippen LogP contribution in [-0.4, -0.2) is 22.5 Å². The van der Waals surface area contributed by atoms with Gasteiger partial charge in [0.1, 0.15) is 11.4 Å². The minimum absolute atomic E-state index is 0.248. The van der Waals surface area contributed by atoms with Gasteiger partial charge in [-0.15, -0.1) is 0 Å². The highest BCUT2D eigenvalue weighted by molar-refractivity contribution is 6.30. The van der Waals surface area contributed by atoms with Gasteiger partial charge >= 0.3 is 0 Å². The molecule has 0 aliphatic heterocycles. The van der Waals surface area contributed by atoms with E-state index in [1.54, 1.807) is 37.3 Å². The van der Waals surface area contributed by atoms with Crippen LogP contribution in [0.3, 0.4) is 0 Å². The molecule has 27 heavy (non-hydrogen) atoms. The van der Waals surface area contributed by atoms with Crippen LogP contribution in [0.15, 0.2) is 54.6 Å². The Morgan fingerprint density at radius 3 is 2.70 bits per heavy atom. The number of hydrogen-bond donors (Lipinski definition) is 2. The Kier molecular flexibility index (Phi) is 5.88. The number of nitrogens with zero attached hydrogens (tertiary/aromatic N) is 2. The highest BCUT2D eigenvalue weighted by atomic mass is 35.5. The minimum Gasteiger partial charge on any atom is -0.492 e. The lowest BCUT2D eigenvalue weighted by atomic mass is 10.2. The molecule has 138 valence electrons. The van der Waals surface area contributed by atoms with Gasteiger partial charge in [0.25, 0.3) is 5.91 Å². The van der Waals surface area contributed by atoms with Gasteiger partial charge in [0.15, 0.2) is 0 Å². The van der Waals surface area contributed by atoms with E-state index in [9.17, 15) is 4.79 Å². The molecule has 2 N–H and O–H groups in total. The molecule has 0 unspecified atom stereocenters. The molecule has 0 spiro atoms. The van der Waals surface area contributed by atoms with Gasteiger partial charge in [0.05, 0.1) is 12.3 Å². The number of para-hydroxylation sites is 2. The quantitative estimate of drug-likeness (QED) is 0.638. The summed E-state index contributed by atoms with van der Waals surface area (Å²) in [7, 11) is 0. The van der Waals surface area contributed by atoms with Crippen molar-refractivity contribution in [2.45, 2.75) is 13.8 Å². The summed E-state index contributed by atoms with van der Waals surface area (Å²) in [6.07, 6.45) is 0. The maximum Gasteiger partial charge on any atom is 0.274 e. The number of rotatable bonds is 6. The summed E-state index contributed by atoms with van der Waals surface area (Å²) in [5.41, 5.74) is 2.24. The number of aromatic nitrogens is 2. The Hall–Kier alpha value is -3.12. The molecular formula is C20H19ClN4O2. The van der Waals surface area contributed by atoms with E-state index < -0.39 is 0 Å². The Morgan fingerprint density at radius 2 is 1.93 bits per heavy atom. The number of halogens is 1. The van der Waals surface area contributed by atoms with E-state index in [0.717, 1.165) is 5.69 Å². The number of carbonyl (C=O) groups excluding carboxylic acids is 1. The molecule has 0 fully saturated rings. The van der Waals surface area contributed by atoms with Gasteiger partial charge in [-0.3, -0.25) is 4.79 Å². The molecule has 3 rings (SSSR count). The van der Waals surface area contributed by atoms with E-state index in [1.165, 1.54) is 0 Å². The fourth-order valence-corrected chi connectivity index (χ4v) is 2.66. The lowest BCUT2D eigenvalue weighted by Gasteiger charge is -2.12. The van der Waals surface area contributed by atoms with Crippen molar-refractivity contribution in [2.75, 3.05) is 17.2 Å². The van der Waals surface area contributed by atoms with Gasteiger partial charge in [0.2, 0.25) is 5.95 Å². The molecule has 0 radical (unpaired) electrons. The fourth-order valence-electron chi connectivity index (χ4n) is 2.47. The zero-order chi connectivity index (χ0) is 19.2. The van der Waals surface area contributed by atoms with E-state index in [4.69, 9.17) is 16.3 Å². The van der Waals surface area contributed by atoms with Crippen molar-refractivity contribution >= 4 is 34.8 Å². The summed E-state index contributed by atoms with van der Waals surface area (Å²) in [6, 6.07) is 16.1. The molecule has 0 aliphatic rings. The summed E-state index contributed by atoms with van der Waals surface area (Å²) in [5, 5.41) is 6.50. The number of ether oxygens (including phenoxy) is 1. The second-order valence-electron chi connectivity index (χ2n) is 5.74. The van der Waals surface area contributed by atoms with Crippen LogP contribution in [0.25, 0.3) is 0 Å². The molecule has 1 aromatic heterocycles. The molecule has 6 nitrogen and oxygen atoms in total. The molecular weight excluding hydrogens is 364 g/mol. The number of aryl methyl sites for hydroxylation is 1. The Bertz CT molecular complexity index is 962. The predicted molar refractivity (Wildman–Crippen MR) is 107 cm³/mol. The third kappa shape index (κ3) is 4.95. The van der Waals surface area contributed by atoms with Crippen LogP contribution in [-0.2, 0) is 0 Å². The third-order valence-electron chi connectivity index (χ3n) is 3.60. The molecule has 1 amide bonds. The van der Waals surface area contributed by atoms with Crippen molar-refractivity contribution in [2.24, 2.45) is 0 Å². The van der Waals surface area contributed by atoms with Crippen LogP contribution in [0.1, 0.15) is 23.1 Å². The Balaban J connectivity index is 1.82. The maximum atomic E-state index is 12.7. The van der Waals surface area contributed by atoms with E-state index in [-0.39, 0.29) is 11.6 Å². The second-order valence-corrected chi connectivity index (χ2v) is 6.17. The van der Waals surface area contributed by atoms with Crippen molar-refractivity contribution in [1.29, 1.82) is 0 Å². The largest absolute Gasteiger partial charge is 0.492 e. The predicted octanol–water partition coefficient (Wildman–Crippen LogP) is 4.83. The SMILES string of the molecule is CCOc1ccccc1NC(=O)c1cc(C)nc(Nc2cccc(Cl)c2)n1. The highest BCUT2D eigenvalue weighted by Gasteiger charge is 2.13. The average Bonchev–Trinajstić information content (AvgIpc) is 2.63. The molecule has 2 aromatic carbocycles. The molecule has 0 bridgehead atoms. The Labute approximate surface area is 162 Å². The first kappa shape index (κ1) is 18.7. The molecule has 0 aliphatic carbocycles. The third-order valence-corrected chi connectivity index (χ3v) is 3.84. The smallest absolute Gasteiger partial charge is 0.274 e. The van der Waals surface area contributed by atoms with Crippen molar-refractivity contribution in [1.82, 2.24) is 9.97 Å². The van der Waals surface area contributed by atoms with Crippen LogP contribution in [0.4, 0.5) is 17.3 Å². The summed E-state index contributed by atoms with van der Waals surface area (Å²) < 4.78 is 5.54. The first-order chi connectivity index (χ1) is 13.0. The number of benzene rings is 2. The van der Waals surface area contributed by atoms with Gasteiger partial charge in [-0.2, -0.15) is 0 Å². The molecule has 0 saturated heterocycles. The number of amides is 1. The summed E-state index contributed by atoms with van der Waals surface area (Å²) >= 11 is 6.00. The summed E-state index contributed by atoms with van der Waals surface area (Å²) in [6.45, 7) is 4.20. The van der Waals surface area contributed by atoms with Gasteiger partial charge in [-0.25, -0.2) is 9.97 Å². The molecule has 7 heteroatoms. The second kappa shape index (κ2) is 8.51. The van der Waals surface area contributed by atoms with Crippen molar-refractivity contribution in [3.05, 3.63) is 71.0 Å². The van der Waals surface area contributed by atoms with Crippen molar-refractivity contribution in [3.63, 3.8) is 0 Å². The van der Waals surface area contributed by atoms with Gasteiger partial charge in [-0.05, 0) is 50.2 Å². The highest BCUT2D eigenvalue weighted by Crippen LogP contribution is 2.24. The molecule has 0 saturated carbocycles. The minimum atomic E-state index is -0.346. The zero-order valence-corrected chi connectivity index (χ0v) is 15.7.